The number of hydrogen-bond donors (Lipinski definition) is 2. The molecule has 3 aromatic heterocycles. The molecule has 2 saturated carbocycles. The molecule has 2 atom stereocenters. The van der Waals surface area contributed by atoms with Crippen LogP contribution in [-0.2, 0) is 6.54 Å². The molecule has 0 spiro atoms. The van der Waals surface area contributed by atoms with Crippen LogP contribution in [0.25, 0.3) is 5.65 Å². The van der Waals surface area contributed by atoms with Crippen molar-refractivity contribution in [1.82, 2.24) is 40.4 Å². The van der Waals surface area contributed by atoms with Gasteiger partial charge in [-0.1, -0.05) is 5.16 Å². The summed E-state index contributed by atoms with van der Waals surface area (Å²) in [5.41, 5.74) is 0.631. The van der Waals surface area contributed by atoms with E-state index < -0.39 is 23.5 Å². The summed E-state index contributed by atoms with van der Waals surface area (Å²) < 4.78 is 48.7. The maximum Gasteiger partial charge on any atom is 0.317 e. The molecule has 3 fully saturated rings. The van der Waals surface area contributed by atoms with E-state index in [2.05, 4.69) is 31.0 Å². The van der Waals surface area contributed by atoms with E-state index in [1.165, 1.54) is 16.3 Å². The second-order valence-electron chi connectivity index (χ2n) is 11.2. The Bertz CT molecular complexity index is 1390. The number of hydrogen-bond acceptors (Lipinski definition) is 7. The van der Waals surface area contributed by atoms with Gasteiger partial charge >= 0.3 is 6.03 Å². The van der Waals surface area contributed by atoms with E-state index in [9.17, 15) is 22.8 Å². The molecular weight excluding hydrogens is 517 g/mol. The summed E-state index contributed by atoms with van der Waals surface area (Å²) >= 11 is 0. The lowest BCUT2D eigenvalue weighted by Crippen LogP contribution is -2.57. The van der Waals surface area contributed by atoms with Crippen LogP contribution in [0.1, 0.15) is 84.8 Å². The van der Waals surface area contributed by atoms with Crippen molar-refractivity contribution < 1.29 is 27.4 Å². The maximum absolute atomic E-state index is 14.5. The zero-order chi connectivity index (χ0) is 27.4. The monoisotopic (exact) mass is 546 g/mol. The normalized spacial score (nSPS) is 24.5. The Morgan fingerprint density at radius 1 is 1.23 bits per heavy atom. The Kier molecular flexibility index (Phi) is 6.22. The van der Waals surface area contributed by atoms with Gasteiger partial charge < -0.3 is 15.5 Å². The van der Waals surface area contributed by atoms with Crippen LogP contribution >= 0.6 is 0 Å². The fourth-order valence-electron chi connectivity index (χ4n) is 5.43. The van der Waals surface area contributed by atoms with Crippen molar-refractivity contribution in [3.8, 4) is 0 Å². The molecule has 3 aromatic rings. The number of imidazole rings is 1. The molecule has 1 aliphatic heterocycles. The Morgan fingerprint density at radius 3 is 2.74 bits per heavy atom. The number of nitrogens with zero attached hydrogens (tertiary/aromatic N) is 6. The van der Waals surface area contributed by atoms with Gasteiger partial charge in [0.2, 0.25) is 5.92 Å². The molecule has 11 nitrogen and oxygen atoms in total. The molecule has 0 radical (unpaired) electrons. The van der Waals surface area contributed by atoms with Gasteiger partial charge in [0.05, 0.1) is 37.2 Å². The average Bonchev–Trinajstić information content (AvgIpc) is 3.45. The number of alkyl halides is 3. The van der Waals surface area contributed by atoms with Crippen LogP contribution in [0.4, 0.5) is 18.0 Å². The molecule has 3 amide bonds. The van der Waals surface area contributed by atoms with Crippen molar-refractivity contribution in [2.45, 2.75) is 75.5 Å². The van der Waals surface area contributed by atoms with Crippen LogP contribution in [0.2, 0.25) is 0 Å². The molecule has 4 heterocycles. The molecule has 39 heavy (non-hydrogen) atoms. The summed E-state index contributed by atoms with van der Waals surface area (Å²) in [6, 6.07) is 0.704. The van der Waals surface area contributed by atoms with E-state index >= 15 is 0 Å². The Morgan fingerprint density at radius 2 is 2.00 bits per heavy atom. The summed E-state index contributed by atoms with van der Waals surface area (Å²) in [5.74, 6) is -3.36. The standard InChI is InChI=1S/C25H29F3N8O3/c1-24(26)12-29-23(38)35(13-24)10-14-8-18-31-17(11-36(18)30-9-14)19(16-4-6-25(27,28)7-5-16)32-22(37)21-20(15-2-3-15)33-39-34-21/h8-9,11,15-16,19H,2-7,10,12-13H2,1H3,(H,29,38)(H,32,37)/t19-,24?/m0/s1. The summed E-state index contributed by atoms with van der Waals surface area (Å²) in [4.78, 5) is 31.5. The zero-order valence-corrected chi connectivity index (χ0v) is 21.4. The highest BCUT2D eigenvalue weighted by molar-refractivity contribution is 5.93. The van der Waals surface area contributed by atoms with E-state index in [1.54, 1.807) is 18.5 Å². The highest BCUT2D eigenvalue weighted by Gasteiger charge is 2.41. The topological polar surface area (TPSA) is 131 Å². The number of urea groups is 1. The lowest BCUT2D eigenvalue weighted by Gasteiger charge is -2.35. The Labute approximate surface area is 221 Å². The van der Waals surface area contributed by atoms with Crippen LogP contribution < -0.4 is 10.6 Å². The fourth-order valence-corrected chi connectivity index (χ4v) is 5.43. The molecule has 2 aliphatic carbocycles. The third-order valence-electron chi connectivity index (χ3n) is 7.72. The predicted molar refractivity (Wildman–Crippen MR) is 130 cm³/mol. The van der Waals surface area contributed by atoms with E-state index in [-0.39, 0.29) is 68.9 Å². The summed E-state index contributed by atoms with van der Waals surface area (Å²) in [7, 11) is 0. The lowest BCUT2D eigenvalue weighted by molar-refractivity contribution is -0.0495. The molecule has 1 unspecified atom stereocenters. The number of nitrogens with one attached hydrogen (secondary N) is 2. The minimum atomic E-state index is -2.73. The third kappa shape index (κ3) is 5.41. The Balaban J connectivity index is 1.26. The number of carbonyl (C=O) groups excluding carboxylic acids is 2. The van der Waals surface area contributed by atoms with Crippen molar-refractivity contribution in [3.05, 3.63) is 41.1 Å². The minimum absolute atomic E-state index is 0.0456. The van der Waals surface area contributed by atoms with Gasteiger partial charge in [0.15, 0.2) is 11.3 Å². The first-order valence-corrected chi connectivity index (χ1v) is 13.1. The first-order valence-electron chi connectivity index (χ1n) is 13.1. The van der Waals surface area contributed by atoms with Gasteiger partial charge in [-0.25, -0.2) is 32.1 Å². The lowest BCUT2D eigenvalue weighted by atomic mass is 9.81. The maximum atomic E-state index is 14.5. The van der Waals surface area contributed by atoms with Crippen molar-refractivity contribution in [1.29, 1.82) is 0 Å². The van der Waals surface area contributed by atoms with E-state index in [0.717, 1.165) is 12.8 Å². The van der Waals surface area contributed by atoms with Gasteiger partial charge in [-0.2, -0.15) is 5.10 Å². The van der Waals surface area contributed by atoms with Crippen LogP contribution in [0, 0.1) is 5.92 Å². The number of amides is 3. The van der Waals surface area contributed by atoms with Gasteiger partial charge in [0.25, 0.3) is 5.91 Å². The average molecular weight is 547 g/mol. The highest BCUT2D eigenvalue weighted by Crippen LogP contribution is 2.42. The smallest absolute Gasteiger partial charge is 0.317 e. The molecule has 14 heteroatoms. The SMILES string of the molecule is CC1(F)CNC(=O)N(Cc2cnn3cc([C@@H](NC(=O)c4nonc4C4CC4)C4CCC(F)(F)CC4)nc3c2)C1. The van der Waals surface area contributed by atoms with Gasteiger partial charge in [0, 0.05) is 25.3 Å². The second kappa shape index (κ2) is 9.49. The molecule has 2 N–H and O–H groups in total. The number of fused-ring (bicyclic) bond motifs is 1. The highest BCUT2D eigenvalue weighted by atomic mass is 19.3. The number of rotatable bonds is 7. The van der Waals surface area contributed by atoms with Crippen LogP contribution in [0.5, 0.6) is 0 Å². The second-order valence-corrected chi connectivity index (χ2v) is 11.2. The van der Waals surface area contributed by atoms with Crippen LogP contribution in [-0.4, -0.2) is 66.4 Å². The third-order valence-corrected chi connectivity index (χ3v) is 7.72. The van der Waals surface area contributed by atoms with Gasteiger partial charge in [0.1, 0.15) is 11.4 Å². The number of halogens is 3. The molecule has 0 aromatic carbocycles. The molecule has 6 rings (SSSR count). The summed E-state index contributed by atoms with van der Waals surface area (Å²) in [5, 5.41) is 17.6. The van der Waals surface area contributed by atoms with Gasteiger partial charge in [-0.3, -0.25) is 4.79 Å². The van der Waals surface area contributed by atoms with E-state index in [0.29, 0.717) is 22.6 Å². The fraction of sp³-hybridized carbons (Fsp3) is 0.600. The van der Waals surface area contributed by atoms with Crippen molar-refractivity contribution in [3.63, 3.8) is 0 Å². The quantitative estimate of drug-likeness (QED) is 0.464. The molecule has 208 valence electrons. The predicted octanol–water partition coefficient (Wildman–Crippen LogP) is 3.54. The molecule has 1 saturated heterocycles. The molecule has 3 aliphatic rings. The van der Waals surface area contributed by atoms with Crippen molar-refractivity contribution >= 4 is 17.6 Å². The van der Waals surface area contributed by atoms with Gasteiger partial charge in [-0.15, -0.1) is 0 Å². The number of aromatic nitrogens is 5. The largest absolute Gasteiger partial charge is 0.342 e. The first-order chi connectivity index (χ1) is 18.6. The van der Waals surface area contributed by atoms with E-state index in [4.69, 9.17) is 4.63 Å². The zero-order valence-electron chi connectivity index (χ0n) is 21.4. The van der Waals surface area contributed by atoms with Gasteiger partial charge in [-0.05, 0) is 55.3 Å². The van der Waals surface area contributed by atoms with Crippen molar-refractivity contribution in [2.24, 2.45) is 5.92 Å². The van der Waals surface area contributed by atoms with Crippen LogP contribution in [0.15, 0.2) is 23.1 Å². The Hall–Kier alpha value is -3.71. The first kappa shape index (κ1) is 25.6. The van der Waals surface area contributed by atoms with Crippen LogP contribution in [0.3, 0.4) is 0 Å². The van der Waals surface area contributed by atoms with E-state index in [1.807, 2.05) is 0 Å². The summed E-state index contributed by atoms with van der Waals surface area (Å²) in [6.07, 6.45) is 4.90. The minimum Gasteiger partial charge on any atom is -0.342 e. The number of carbonyl (C=O) groups is 2. The molecule has 0 bridgehead atoms. The summed E-state index contributed by atoms with van der Waals surface area (Å²) in [6.45, 7) is 1.47. The molecular formula is C25H29F3N8O3. The van der Waals surface area contributed by atoms with Crippen molar-refractivity contribution in [2.75, 3.05) is 13.1 Å².